The zero-order chi connectivity index (χ0) is 16.0. The Labute approximate surface area is 120 Å². The van der Waals surface area contributed by atoms with Gasteiger partial charge in [-0.1, -0.05) is 13.8 Å². The zero-order valence-electron chi connectivity index (χ0n) is 12.0. The molecule has 0 radical (unpaired) electrons. The Kier molecular flexibility index (Phi) is 5.45. The number of nitrogens with zero attached hydrogens (tertiary/aromatic N) is 1. The van der Waals surface area contributed by atoms with E-state index >= 15 is 0 Å². The molecule has 1 heterocycles. The third-order valence-corrected chi connectivity index (χ3v) is 3.64. The minimum absolute atomic E-state index is 0.00767. The quantitative estimate of drug-likeness (QED) is 0.629. The summed E-state index contributed by atoms with van der Waals surface area (Å²) < 4.78 is 1.04. The Hall–Kier alpha value is -2.38. The highest BCUT2D eigenvalue weighted by atomic mass is 16.4. The average molecular weight is 297 g/mol. The summed E-state index contributed by atoms with van der Waals surface area (Å²) >= 11 is 0. The predicted octanol–water partition coefficient (Wildman–Crippen LogP) is -0.456. The predicted molar refractivity (Wildman–Crippen MR) is 75.0 cm³/mol. The summed E-state index contributed by atoms with van der Waals surface area (Å²) in [5.74, 6) is -1.45. The van der Waals surface area contributed by atoms with Crippen LogP contribution in [0.2, 0.25) is 0 Å². The first-order valence-corrected chi connectivity index (χ1v) is 6.64. The van der Waals surface area contributed by atoms with Gasteiger partial charge in [-0.25, -0.2) is 4.79 Å². The van der Waals surface area contributed by atoms with Crippen molar-refractivity contribution >= 4 is 11.9 Å². The summed E-state index contributed by atoms with van der Waals surface area (Å²) in [5, 5.41) is 11.8. The number of nitrogens with one attached hydrogen (secondary N) is 2. The molecule has 0 aliphatic heterocycles. The highest BCUT2D eigenvalue weighted by Crippen LogP contribution is 2.25. The molecule has 0 bridgehead atoms. The summed E-state index contributed by atoms with van der Waals surface area (Å²) in [6.07, 6.45) is 1.99. The molecule has 3 N–H and O–H groups in total. The first-order valence-electron chi connectivity index (χ1n) is 6.64. The first kappa shape index (κ1) is 16.7. The van der Waals surface area contributed by atoms with Gasteiger partial charge in [0.1, 0.15) is 6.54 Å². The minimum atomic E-state index is -1.01. The molecular formula is C13H19N3O5. The van der Waals surface area contributed by atoms with Crippen molar-refractivity contribution in [1.82, 2.24) is 14.9 Å². The van der Waals surface area contributed by atoms with Crippen molar-refractivity contribution in [2.24, 2.45) is 5.41 Å². The lowest BCUT2D eigenvalue weighted by Crippen LogP contribution is -2.44. The molecule has 0 aliphatic carbocycles. The number of aromatic amines is 1. The maximum Gasteiger partial charge on any atom is 0.328 e. The third-order valence-electron chi connectivity index (χ3n) is 3.64. The zero-order valence-corrected chi connectivity index (χ0v) is 12.0. The fraction of sp³-hybridized carbons (Fsp3) is 0.538. The molecule has 8 heteroatoms. The van der Waals surface area contributed by atoms with Crippen LogP contribution in [0.1, 0.15) is 26.7 Å². The molecule has 0 aromatic carbocycles. The van der Waals surface area contributed by atoms with E-state index in [1.165, 1.54) is 6.20 Å². The van der Waals surface area contributed by atoms with Crippen molar-refractivity contribution in [3.8, 4) is 0 Å². The van der Waals surface area contributed by atoms with Gasteiger partial charge in [-0.2, -0.15) is 0 Å². The van der Waals surface area contributed by atoms with Crippen LogP contribution in [0, 0.1) is 5.41 Å². The summed E-state index contributed by atoms with van der Waals surface area (Å²) in [7, 11) is 0. The molecule has 1 rings (SSSR count). The molecule has 1 aromatic rings. The van der Waals surface area contributed by atoms with Gasteiger partial charge in [0.15, 0.2) is 0 Å². The molecular weight excluding hydrogens is 278 g/mol. The van der Waals surface area contributed by atoms with Crippen molar-refractivity contribution in [2.75, 3.05) is 6.54 Å². The minimum Gasteiger partial charge on any atom is -0.481 e. The van der Waals surface area contributed by atoms with Crippen LogP contribution in [0.15, 0.2) is 21.9 Å². The van der Waals surface area contributed by atoms with Crippen LogP contribution in [0.5, 0.6) is 0 Å². The van der Waals surface area contributed by atoms with E-state index in [0.717, 1.165) is 10.6 Å². The highest BCUT2D eigenvalue weighted by Gasteiger charge is 2.35. The molecule has 21 heavy (non-hydrogen) atoms. The number of carboxylic acids is 1. The number of hydrogen-bond acceptors (Lipinski definition) is 4. The van der Waals surface area contributed by atoms with E-state index in [4.69, 9.17) is 0 Å². The van der Waals surface area contributed by atoms with Gasteiger partial charge in [0, 0.05) is 18.8 Å². The Balaban J connectivity index is 2.72. The van der Waals surface area contributed by atoms with Gasteiger partial charge in [-0.15, -0.1) is 0 Å². The number of carboxylic acid groups (broad SMARTS) is 1. The van der Waals surface area contributed by atoms with Crippen molar-refractivity contribution in [1.29, 1.82) is 0 Å². The lowest BCUT2D eigenvalue weighted by molar-refractivity contribution is -0.149. The Morgan fingerprint density at radius 2 is 1.95 bits per heavy atom. The molecule has 116 valence electrons. The molecule has 0 aliphatic rings. The van der Waals surface area contributed by atoms with Crippen molar-refractivity contribution in [3.05, 3.63) is 33.1 Å². The molecule has 0 atom stereocenters. The lowest BCUT2D eigenvalue weighted by Gasteiger charge is -2.26. The van der Waals surface area contributed by atoms with Gasteiger partial charge < -0.3 is 10.4 Å². The number of rotatable bonds is 7. The van der Waals surface area contributed by atoms with E-state index in [1.807, 2.05) is 4.98 Å². The first-order chi connectivity index (χ1) is 9.84. The van der Waals surface area contributed by atoms with Gasteiger partial charge in [0.2, 0.25) is 5.91 Å². The van der Waals surface area contributed by atoms with Crippen LogP contribution in [0.3, 0.4) is 0 Å². The monoisotopic (exact) mass is 297 g/mol. The van der Waals surface area contributed by atoms with Gasteiger partial charge in [-0.05, 0) is 12.8 Å². The van der Waals surface area contributed by atoms with Crippen LogP contribution in [0.25, 0.3) is 0 Å². The number of carbonyl (C=O) groups excluding carboxylic acids is 1. The fourth-order valence-electron chi connectivity index (χ4n) is 1.93. The Morgan fingerprint density at radius 3 is 2.43 bits per heavy atom. The van der Waals surface area contributed by atoms with E-state index in [-0.39, 0.29) is 13.1 Å². The highest BCUT2D eigenvalue weighted by molar-refractivity contribution is 5.78. The van der Waals surface area contributed by atoms with E-state index < -0.39 is 28.5 Å². The smallest absolute Gasteiger partial charge is 0.328 e. The summed E-state index contributed by atoms with van der Waals surface area (Å²) in [4.78, 5) is 47.5. The third kappa shape index (κ3) is 4.04. The second kappa shape index (κ2) is 6.87. The molecule has 1 aromatic heterocycles. The summed E-state index contributed by atoms with van der Waals surface area (Å²) in [6, 6.07) is 1.13. The van der Waals surface area contributed by atoms with Gasteiger partial charge >= 0.3 is 11.7 Å². The van der Waals surface area contributed by atoms with Gasteiger partial charge in [0.25, 0.3) is 5.56 Å². The number of amides is 1. The van der Waals surface area contributed by atoms with E-state index in [9.17, 15) is 24.3 Å². The summed E-state index contributed by atoms with van der Waals surface area (Å²) in [6.45, 7) is 3.21. The molecule has 0 fully saturated rings. The average Bonchev–Trinajstić information content (AvgIpc) is 2.43. The molecule has 0 saturated heterocycles. The number of aromatic nitrogens is 2. The van der Waals surface area contributed by atoms with E-state index in [1.54, 1.807) is 13.8 Å². The maximum absolute atomic E-state index is 11.8. The molecule has 0 unspecified atom stereocenters. The molecule has 0 spiro atoms. The fourth-order valence-corrected chi connectivity index (χ4v) is 1.93. The van der Waals surface area contributed by atoms with Crippen LogP contribution >= 0.6 is 0 Å². The van der Waals surface area contributed by atoms with Crippen LogP contribution in [0.4, 0.5) is 0 Å². The SMILES string of the molecule is CCC(CC)(CNC(=O)Cn1ccc(=O)[nH]c1=O)C(=O)O. The summed E-state index contributed by atoms with van der Waals surface area (Å²) in [5.41, 5.74) is -2.24. The van der Waals surface area contributed by atoms with Gasteiger partial charge in [0.05, 0.1) is 5.41 Å². The number of aliphatic carboxylic acids is 1. The maximum atomic E-state index is 11.8. The number of H-pyrrole nitrogens is 1. The van der Waals surface area contributed by atoms with Crippen LogP contribution in [-0.2, 0) is 16.1 Å². The molecule has 8 nitrogen and oxygen atoms in total. The van der Waals surface area contributed by atoms with E-state index in [2.05, 4.69) is 5.32 Å². The van der Waals surface area contributed by atoms with Crippen LogP contribution in [-0.4, -0.2) is 33.1 Å². The molecule has 1 amide bonds. The second-order valence-electron chi connectivity index (χ2n) is 4.81. The number of hydrogen-bond donors (Lipinski definition) is 3. The largest absolute Gasteiger partial charge is 0.481 e. The van der Waals surface area contributed by atoms with Crippen LogP contribution < -0.4 is 16.6 Å². The Morgan fingerprint density at radius 1 is 1.33 bits per heavy atom. The molecule has 0 saturated carbocycles. The standard InChI is InChI=1S/C13H19N3O5/c1-3-13(4-2,11(19)20)8-14-10(18)7-16-6-5-9(17)15-12(16)21/h5-6H,3-4,7-8H2,1-2H3,(H,14,18)(H,19,20)(H,15,17,21). The second-order valence-corrected chi connectivity index (χ2v) is 4.81. The Bertz CT molecular complexity index is 627. The normalized spacial score (nSPS) is 11.1. The lowest BCUT2D eigenvalue weighted by atomic mass is 9.82. The van der Waals surface area contributed by atoms with Crippen molar-refractivity contribution in [2.45, 2.75) is 33.2 Å². The van der Waals surface area contributed by atoms with E-state index in [0.29, 0.717) is 12.8 Å². The van der Waals surface area contributed by atoms with Crippen molar-refractivity contribution < 1.29 is 14.7 Å². The van der Waals surface area contributed by atoms with Gasteiger partial charge in [-0.3, -0.25) is 23.9 Å². The topological polar surface area (TPSA) is 121 Å². The van der Waals surface area contributed by atoms with Crippen molar-refractivity contribution in [3.63, 3.8) is 0 Å². The number of carbonyl (C=O) groups is 2.